The maximum Gasteiger partial charge on any atom is 0.227 e. The van der Waals surface area contributed by atoms with Crippen LogP contribution in [-0.2, 0) is 11.2 Å². The van der Waals surface area contributed by atoms with Crippen LogP contribution in [0.2, 0.25) is 0 Å². The second-order valence-electron chi connectivity index (χ2n) is 6.84. The van der Waals surface area contributed by atoms with Crippen LogP contribution in [-0.4, -0.2) is 31.9 Å². The van der Waals surface area contributed by atoms with Crippen LogP contribution < -0.4 is 0 Å². The summed E-state index contributed by atoms with van der Waals surface area (Å²) < 4.78 is 14.8. The van der Waals surface area contributed by atoms with Gasteiger partial charge in [-0.05, 0) is 49.9 Å². The van der Waals surface area contributed by atoms with Gasteiger partial charge in [-0.3, -0.25) is 4.79 Å². The van der Waals surface area contributed by atoms with Crippen LogP contribution in [0.25, 0.3) is 5.65 Å². The van der Waals surface area contributed by atoms with Gasteiger partial charge in [0.15, 0.2) is 5.65 Å². The molecule has 1 amide bonds. The lowest BCUT2D eigenvalue weighted by Gasteiger charge is -2.35. The molecule has 3 heterocycles. The van der Waals surface area contributed by atoms with Crippen molar-refractivity contribution in [3.05, 3.63) is 65.4 Å². The molecule has 6 heteroatoms. The molecular weight excluding hydrogens is 331 g/mol. The highest BCUT2D eigenvalue weighted by Crippen LogP contribution is 2.30. The number of nitrogens with zero attached hydrogens (tertiary/aromatic N) is 4. The van der Waals surface area contributed by atoms with Gasteiger partial charge in [-0.15, -0.1) is 0 Å². The first-order valence-electron chi connectivity index (χ1n) is 8.97. The van der Waals surface area contributed by atoms with Crippen LogP contribution in [0.4, 0.5) is 4.39 Å². The topological polar surface area (TPSA) is 50.5 Å². The molecule has 26 heavy (non-hydrogen) atoms. The third-order valence-corrected chi connectivity index (χ3v) is 4.90. The minimum absolute atomic E-state index is 0.0168. The van der Waals surface area contributed by atoms with Crippen molar-refractivity contribution < 1.29 is 9.18 Å². The maximum atomic E-state index is 13.1. The van der Waals surface area contributed by atoms with E-state index >= 15 is 0 Å². The van der Waals surface area contributed by atoms with E-state index in [1.54, 1.807) is 16.6 Å². The van der Waals surface area contributed by atoms with Gasteiger partial charge in [0.2, 0.25) is 5.91 Å². The molecule has 0 spiro atoms. The Morgan fingerprint density at radius 3 is 2.85 bits per heavy atom. The van der Waals surface area contributed by atoms with Gasteiger partial charge in [0.1, 0.15) is 5.82 Å². The van der Waals surface area contributed by atoms with Crippen molar-refractivity contribution in [1.29, 1.82) is 0 Å². The number of aryl methyl sites for hydroxylation is 1. The summed E-state index contributed by atoms with van der Waals surface area (Å²) in [4.78, 5) is 19.5. The summed E-state index contributed by atoms with van der Waals surface area (Å²) in [6, 6.07) is 10.0. The molecule has 0 aliphatic carbocycles. The number of hydrogen-bond donors (Lipinski definition) is 0. The molecule has 5 nitrogen and oxygen atoms in total. The highest BCUT2D eigenvalue weighted by Gasteiger charge is 2.29. The van der Waals surface area contributed by atoms with Gasteiger partial charge in [0, 0.05) is 18.8 Å². The van der Waals surface area contributed by atoms with Crippen molar-refractivity contribution >= 4 is 11.6 Å². The number of likely N-dealkylation sites (tertiary alicyclic amines) is 1. The summed E-state index contributed by atoms with van der Waals surface area (Å²) >= 11 is 0. The number of amides is 1. The van der Waals surface area contributed by atoms with E-state index < -0.39 is 0 Å². The van der Waals surface area contributed by atoms with Crippen molar-refractivity contribution in [2.45, 2.75) is 38.6 Å². The van der Waals surface area contributed by atoms with E-state index in [-0.39, 0.29) is 24.2 Å². The first-order valence-corrected chi connectivity index (χ1v) is 8.97. The van der Waals surface area contributed by atoms with Gasteiger partial charge in [0.05, 0.1) is 23.9 Å². The summed E-state index contributed by atoms with van der Waals surface area (Å²) in [5.41, 5.74) is 3.46. The second kappa shape index (κ2) is 6.86. The minimum Gasteiger partial charge on any atom is -0.334 e. The number of rotatable bonds is 3. The largest absolute Gasteiger partial charge is 0.334 e. The Morgan fingerprint density at radius 1 is 1.23 bits per heavy atom. The van der Waals surface area contributed by atoms with Crippen LogP contribution in [0.1, 0.15) is 42.3 Å². The van der Waals surface area contributed by atoms with Gasteiger partial charge in [0.25, 0.3) is 0 Å². The lowest BCUT2D eigenvalue weighted by atomic mass is 9.98. The third kappa shape index (κ3) is 3.31. The molecule has 1 aliphatic heterocycles. The van der Waals surface area contributed by atoms with Gasteiger partial charge in [-0.1, -0.05) is 12.1 Å². The number of carbonyl (C=O) groups excluding carboxylic acids is 1. The Balaban J connectivity index is 1.58. The summed E-state index contributed by atoms with van der Waals surface area (Å²) in [6.07, 6.45) is 5.17. The molecule has 1 fully saturated rings. The summed E-state index contributed by atoms with van der Waals surface area (Å²) in [7, 11) is 0. The molecule has 1 saturated heterocycles. The second-order valence-corrected chi connectivity index (χ2v) is 6.84. The van der Waals surface area contributed by atoms with E-state index in [0.29, 0.717) is 0 Å². The first-order chi connectivity index (χ1) is 12.6. The number of carbonyl (C=O) groups is 1. The van der Waals surface area contributed by atoms with Gasteiger partial charge < -0.3 is 4.90 Å². The zero-order valence-corrected chi connectivity index (χ0v) is 14.7. The lowest BCUT2D eigenvalue weighted by Crippen LogP contribution is -2.39. The van der Waals surface area contributed by atoms with Crippen LogP contribution in [0.3, 0.4) is 0 Å². The molecule has 0 bridgehead atoms. The lowest BCUT2D eigenvalue weighted by molar-refractivity contribution is -0.134. The van der Waals surface area contributed by atoms with Crippen molar-refractivity contribution in [3.8, 4) is 0 Å². The standard InChI is InChI=1S/C20H21FN4O/c1-14-12-19-22-17(9-11-25(19)23-14)18-4-2-3-10-24(18)20(26)13-15-5-7-16(21)8-6-15/h5-9,11-12,18H,2-4,10,13H2,1H3/t18-/m0/s1. The smallest absolute Gasteiger partial charge is 0.227 e. The number of benzene rings is 1. The Labute approximate surface area is 151 Å². The Morgan fingerprint density at radius 2 is 2.04 bits per heavy atom. The zero-order chi connectivity index (χ0) is 18.1. The number of piperidine rings is 1. The normalized spacial score (nSPS) is 17.6. The SMILES string of the molecule is Cc1cc2nc([C@@H]3CCCCN3C(=O)Cc3ccc(F)cc3)ccn2n1. The van der Waals surface area contributed by atoms with E-state index in [1.165, 1.54) is 12.1 Å². The Bertz CT molecular complexity index is 935. The molecule has 1 aromatic carbocycles. The molecule has 0 radical (unpaired) electrons. The molecule has 0 unspecified atom stereocenters. The number of halogens is 1. The van der Waals surface area contributed by atoms with Crippen LogP contribution >= 0.6 is 0 Å². The van der Waals surface area contributed by atoms with E-state index in [1.807, 2.05) is 30.2 Å². The third-order valence-electron chi connectivity index (χ3n) is 4.90. The predicted octanol–water partition coefficient (Wildman–Crippen LogP) is 3.47. The molecule has 3 aromatic rings. The first kappa shape index (κ1) is 16.7. The van der Waals surface area contributed by atoms with Crippen LogP contribution in [0.15, 0.2) is 42.6 Å². The van der Waals surface area contributed by atoms with E-state index in [4.69, 9.17) is 4.98 Å². The fourth-order valence-corrected chi connectivity index (χ4v) is 3.61. The van der Waals surface area contributed by atoms with Crippen molar-refractivity contribution in [1.82, 2.24) is 19.5 Å². The Kier molecular flexibility index (Phi) is 4.41. The van der Waals surface area contributed by atoms with Crippen molar-refractivity contribution in [2.75, 3.05) is 6.54 Å². The molecule has 4 rings (SSSR count). The monoisotopic (exact) mass is 352 g/mol. The molecule has 134 valence electrons. The van der Waals surface area contributed by atoms with Crippen LogP contribution in [0.5, 0.6) is 0 Å². The molecule has 2 aromatic heterocycles. The maximum absolute atomic E-state index is 13.1. The fourth-order valence-electron chi connectivity index (χ4n) is 3.61. The number of hydrogen-bond acceptors (Lipinski definition) is 3. The Hall–Kier alpha value is -2.76. The zero-order valence-electron chi connectivity index (χ0n) is 14.7. The highest BCUT2D eigenvalue weighted by molar-refractivity contribution is 5.79. The van der Waals surface area contributed by atoms with E-state index in [9.17, 15) is 9.18 Å². The molecule has 1 atom stereocenters. The minimum atomic E-state index is -0.286. The average molecular weight is 352 g/mol. The predicted molar refractivity (Wildman–Crippen MR) is 96.1 cm³/mol. The molecule has 0 N–H and O–H groups in total. The number of fused-ring (bicyclic) bond motifs is 1. The molecule has 1 aliphatic rings. The van der Waals surface area contributed by atoms with E-state index in [0.717, 1.165) is 48.4 Å². The van der Waals surface area contributed by atoms with Crippen LogP contribution in [0, 0.1) is 12.7 Å². The van der Waals surface area contributed by atoms with Gasteiger partial charge in [-0.25, -0.2) is 13.9 Å². The quantitative estimate of drug-likeness (QED) is 0.725. The molecular formula is C20H21FN4O. The summed E-state index contributed by atoms with van der Waals surface area (Å²) in [6.45, 7) is 2.67. The molecule has 0 saturated carbocycles. The number of aromatic nitrogens is 3. The highest BCUT2D eigenvalue weighted by atomic mass is 19.1. The van der Waals surface area contributed by atoms with Gasteiger partial charge in [-0.2, -0.15) is 5.10 Å². The van der Waals surface area contributed by atoms with Crippen molar-refractivity contribution in [3.63, 3.8) is 0 Å². The van der Waals surface area contributed by atoms with E-state index in [2.05, 4.69) is 5.10 Å². The van der Waals surface area contributed by atoms with Crippen molar-refractivity contribution in [2.24, 2.45) is 0 Å². The average Bonchev–Trinajstić information content (AvgIpc) is 3.02. The summed E-state index contributed by atoms with van der Waals surface area (Å²) in [5, 5.41) is 4.36. The fraction of sp³-hybridized carbons (Fsp3) is 0.350. The van der Waals surface area contributed by atoms with Gasteiger partial charge >= 0.3 is 0 Å². The summed E-state index contributed by atoms with van der Waals surface area (Å²) in [5.74, 6) is -0.224.